The van der Waals surface area contributed by atoms with Crippen molar-refractivity contribution in [3.8, 4) is 5.75 Å². The van der Waals surface area contributed by atoms with E-state index in [-0.39, 0.29) is 24.4 Å². The third kappa shape index (κ3) is 3.22. The lowest BCUT2D eigenvalue weighted by molar-refractivity contribution is -0.00901. The van der Waals surface area contributed by atoms with Crippen LogP contribution in [0.5, 0.6) is 5.75 Å². The van der Waals surface area contributed by atoms with E-state index in [1.165, 1.54) is 0 Å². The maximum absolute atomic E-state index is 12.6. The maximum Gasteiger partial charge on any atom is 0.409 e. The number of rotatable bonds is 2. The van der Waals surface area contributed by atoms with Crippen molar-refractivity contribution >= 4 is 23.5 Å². The van der Waals surface area contributed by atoms with Crippen LogP contribution in [-0.4, -0.2) is 48.0 Å². The number of ketones is 1. The van der Waals surface area contributed by atoms with Crippen LogP contribution < -0.4 is 4.74 Å². The molecule has 0 aliphatic carbocycles. The molecular weight excluding hydrogens is 330 g/mol. The Labute approximate surface area is 146 Å². The van der Waals surface area contributed by atoms with Gasteiger partial charge in [0, 0.05) is 25.9 Å². The van der Waals surface area contributed by atoms with E-state index in [2.05, 4.69) is 0 Å². The molecule has 0 unspecified atom stereocenters. The van der Waals surface area contributed by atoms with Gasteiger partial charge in [-0.05, 0) is 31.0 Å². The molecule has 0 bridgehead atoms. The zero-order valence-electron chi connectivity index (χ0n) is 14.1. The van der Waals surface area contributed by atoms with E-state index >= 15 is 0 Å². The molecule has 1 spiro atoms. The zero-order chi connectivity index (χ0) is 17.3. The third-order valence-corrected chi connectivity index (χ3v) is 4.91. The number of hydrogen-bond donors (Lipinski definition) is 0. The summed E-state index contributed by atoms with van der Waals surface area (Å²) in [4.78, 5) is 26.2. The third-order valence-electron chi connectivity index (χ3n) is 4.76. The lowest BCUT2D eigenvalue weighted by Gasteiger charge is -2.44. The Morgan fingerprint density at radius 1 is 1.33 bits per heavy atom. The fraction of sp³-hybridized carbons (Fsp3) is 0.556. The molecule has 130 valence electrons. The summed E-state index contributed by atoms with van der Waals surface area (Å²) in [6.07, 6.45) is 1.27. The van der Waals surface area contributed by atoms with Crippen molar-refractivity contribution < 1.29 is 19.1 Å². The number of alkyl halides is 1. The number of aryl methyl sites for hydroxylation is 2. The minimum absolute atomic E-state index is 0.126. The minimum Gasteiger partial charge on any atom is -0.486 e. The Hall–Kier alpha value is -1.75. The quantitative estimate of drug-likeness (QED) is 0.765. The second-order valence-corrected chi connectivity index (χ2v) is 7.01. The zero-order valence-corrected chi connectivity index (χ0v) is 14.8. The predicted molar refractivity (Wildman–Crippen MR) is 91.1 cm³/mol. The molecule has 2 heterocycles. The van der Waals surface area contributed by atoms with Crippen molar-refractivity contribution in [3.63, 3.8) is 0 Å². The minimum atomic E-state index is -0.507. The fourth-order valence-corrected chi connectivity index (χ4v) is 3.61. The van der Waals surface area contributed by atoms with Crippen LogP contribution in [0.1, 0.15) is 40.7 Å². The summed E-state index contributed by atoms with van der Waals surface area (Å²) in [5.41, 5.74) is 2.23. The number of Topliss-reactive ketones (excluding diaryl/α,β-unsaturated/α-hetero) is 1. The Morgan fingerprint density at radius 2 is 2.04 bits per heavy atom. The summed E-state index contributed by atoms with van der Waals surface area (Å²) in [5, 5.41) is 0. The van der Waals surface area contributed by atoms with Gasteiger partial charge in [-0.2, -0.15) is 0 Å². The summed E-state index contributed by atoms with van der Waals surface area (Å²) in [7, 11) is 0. The van der Waals surface area contributed by atoms with E-state index < -0.39 is 5.60 Å². The number of amides is 1. The Morgan fingerprint density at radius 3 is 2.71 bits per heavy atom. The van der Waals surface area contributed by atoms with Crippen LogP contribution in [0, 0.1) is 13.8 Å². The van der Waals surface area contributed by atoms with Crippen molar-refractivity contribution in [3.05, 3.63) is 28.8 Å². The predicted octanol–water partition coefficient (Wildman–Crippen LogP) is 3.48. The number of hydrogen-bond acceptors (Lipinski definition) is 4. The molecule has 3 rings (SSSR count). The largest absolute Gasteiger partial charge is 0.486 e. The topological polar surface area (TPSA) is 55.8 Å². The maximum atomic E-state index is 12.6. The number of carbonyl (C=O) groups is 2. The number of benzene rings is 1. The number of fused-ring (bicyclic) bond motifs is 1. The van der Waals surface area contributed by atoms with Gasteiger partial charge in [0.2, 0.25) is 0 Å². The molecule has 0 N–H and O–H groups in total. The molecular formula is C18H22ClNO4. The highest BCUT2D eigenvalue weighted by Gasteiger charge is 2.44. The van der Waals surface area contributed by atoms with Crippen LogP contribution >= 0.6 is 11.6 Å². The first-order valence-electron chi connectivity index (χ1n) is 8.25. The molecule has 5 nitrogen and oxygen atoms in total. The van der Waals surface area contributed by atoms with Crippen LogP contribution in [0.25, 0.3) is 0 Å². The fourth-order valence-electron chi connectivity index (χ4n) is 3.53. The summed E-state index contributed by atoms with van der Waals surface area (Å²) in [6, 6.07) is 3.93. The summed E-state index contributed by atoms with van der Waals surface area (Å²) in [6.45, 7) is 5.21. The molecule has 0 atom stereocenters. The van der Waals surface area contributed by atoms with Gasteiger partial charge in [0.1, 0.15) is 18.0 Å². The molecule has 2 aliphatic rings. The van der Waals surface area contributed by atoms with E-state index in [9.17, 15) is 9.59 Å². The van der Waals surface area contributed by atoms with Gasteiger partial charge in [0.25, 0.3) is 0 Å². The summed E-state index contributed by atoms with van der Waals surface area (Å²) < 4.78 is 11.4. The van der Waals surface area contributed by atoms with Gasteiger partial charge < -0.3 is 14.4 Å². The first-order chi connectivity index (χ1) is 11.4. The van der Waals surface area contributed by atoms with Gasteiger partial charge in [-0.3, -0.25) is 4.79 Å². The molecule has 0 aromatic heterocycles. The average Bonchev–Trinajstić information content (AvgIpc) is 2.55. The summed E-state index contributed by atoms with van der Waals surface area (Å²) >= 11 is 5.54. The highest BCUT2D eigenvalue weighted by Crippen LogP contribution is 2.41. The molecule has 0 radical (unpaired) electrons. The van der Waals surface area contributed by atoms with E-state index in [1.807, 2.05) is 26.0 Å². The van der Waals surface area contributed by atoms with Gasteiger partial charge >= 0.3 is 6.09 Å². The van der Waals surface area contributed by atoms with Crippen molar-refractivity contribution in [1.29, 1.82) is 0 Å². The lowest BCUT2D eigenvalue weighted by Crippen LogP contribution is -2.52. The molecule has 0 saturated carbocycles. The van der Waals surface area contributed by atoms with Gasteiger partial charge in [-0.25, -0.2) is 4.79 Å². The van der Waals surface area contributed by atoms with E-state index in [1.54, 1.807) is 4.90 Å². The smallest absolute Gasteiger partial charge is 0.409 e. The first-order valence-corrected chi connectivity index (χ1v) is 8.79. The van der Waals surface area contributed by atoms with Crippen LogP contribution in [0.2, 0.25) is 0 Å². The number of carbonyl (C=O) groups excluding carboxylic acids is 2. The van der Waals surface area contributed by atoms with Crippen LogP contribution in [0.3, 0.4) is 0 Å². The van der Waals surface area contributed by atoms with Gasteiger partial charge in [0.15, 0.2) is 5.78 Å². The number of nitrogens with zero attached hydrogens (tertiary/aromatic N) is 1. The second-order valence-electron chi connectivity index (χ2n) is 6.63. The second kappa shape index (κ2) is 6.63. The first kappa shape index (κ1) is 17.1. The Balaban J connectivity index is 1.73. The molecule has 6 heteroatoms. The van der Waals surface area contributed by atoms with Gasteiger partial charge in [-0.15, -0.1) is 11.6 Å². The van der Waals surface area contributed by atoms with Gasteiger partial charge in [0.05, 0.1) is 17.9 Å². The highest BCUT2D eigenvalue weighted by atomic mass is 35.5. The normalized spacial score (nSPS) is 19.0. The molecule has 1 aromatic carbocycles. The van der Waals surface area contributed by atoms with Gasteiger partial charge in [-0.1, -0.05) is 6.07 Å². The van der Waals surface area contributed by atoms with Crippen molar-refractivity contribution in [2.24, 2.45) is 0 Å². The molecule has 2 aliphatic heterocycles. The number of halogens is 1. The number of piperidine rings is 1. The molecule has 24 heavy (non-hydrogen) atoms. The van der Waals surface area contributed by atoms with Crippen molar-refractivity contribution in [2.45, 2.75) is 38.7 Å². The number of likely N-dealkylation sites (tertiary alicyclic amines) is 1. The monoisotopic (exact) mass is 351 g/mol. The highest BCUT2D eigenvalue weighted by molar-refractivity contribution is 6.18. The van der Waals surface area contributed by atoms with Crippen molar-refractivity contribution in [1.82, 2.24) is 4.90 Å². The average molecular weight is 352 g/mol. The van der Waals surface area contributed by atoms with Crippen molar-refractivity contribution in [2.75, 3.05) is 25.6 Å². The molecule has 1 amide bonds. The summed E-state index contributed by atoms with van der Waals surface area (Å²) in [5.74, 6) is 1.12. The van der Waals surface area contributed by atoms with E-state index in [4.69, 9.17) is 21.1 Å². The van der Waals surface area contributed by atoms with E-state index in [0.717, 1.165) is 11.1 Å². The van der Waals surface area contributed by atoms with Crippen LogP contribution in [0.15, 0.2) is 12.1 Å². The standard InChI is InChI=1S/C18H22ClNO4/c1-12-9-13(2)16-14(10-12)15(21)11-18(24-16)3-6-20(7-4-18)17(22)23-8-5-19/h9-10H,3-8,11H2,1-2H3. The van der Waals surface area contributed by atoms with Crippen LogP contribution in [-0.2, 0) is 4.74 Å². The Bertz CT molecular complexity index is 665. The molecule has 1 fully saturated rings. The molecule has 1 saturated heterocycles. The van der Waals surface area contributed by atoms with Crippen LogP contribution in [0.4, 0.5) is 4.79 Å². The Kier molecular flexibility index (Phi) is 4.72. The number of ether oxygens (including phenoxy) is 2. The van der Waals surface area contributed by atoms with E-state index in [0.29, 0.717) is 43.7 Å². The lowest BCUT2D eigenvalue weighted by atomic mass is 9.81. The molecule has 1 aromatic rings. The SMILES string of the molecule is Cc1cc(C)c2c(c1)C(=O)CC1(CCN(C(=O)OCCCl)CC1)O2.